The van der Waals surface area contributed by atoms with Crippen molar-refractivity contribution >= 4 is 23.4 Å². The fourth-order valence-corrected chi connectivity index (χ4v) is 5.34. The van der Waals surface area contributed by atoms with Gasteiger partial charge in [0, 0.05) is 35.3 Å². The molecular weight excluding hydrogens is 630 g/mol. The number of amides is 2. The summed E-state index contributed by atoms with van der Waals surface area (Å²) in [6, 6.07) is 23.3. The maximum Gasteiger partial charge on any atom is 0.320 e. The minimum atomic E-state index is -0.435. The highest BCUT2D eigenvalue weighted by atomic mass is 35.5. The molecule has 0 radical (unpaired) electrons. The van der Waals surface area contributed by atoms with Crippen LogP contribution < -0.4 is 25.7 Å². The number of ether oxygens (including phenoxy) is 2. The summed E-state index contributed by atoms with van der Waals surface area (Å²) in [7, 11) is 1.62. The largest absolute Gasteiger partial charge is 0.506 e. The van der Waals surface area contributed by atoms with E-state index < -0.39 is 6.03 Å². The number of phenols is 1. The van der Waals surface area contributed by atoms with Crippen LogP contribution >= 0.6 is 11.6 Å². The highest BCUT2D eigenvalue weighted by Crippen LogP contribution is 2.30. The number of nitrogens with one attached hydrogen (secondary N) is 2. The van der Waals surface area contributed by atoms with E-state index in [4.69, 9.17) is 21.1 Å². The molecule has 5 rings (SSSR count). The second-order valence-corrected chi connectivity index (χ2v) is 13.0. The van der Waals surface area contributed by atoms with E-state index in [1.54, 1.807) is 35.4 Å². The molecule has 11 heteroatoms. The van der Waals surface area contributed by atoms with Crippen LogP contribution in [-0.4, -0.2) is 32.6 Å². The number of hydrogen-bond donors (Lipinski definition) is 3. The average Bonchev–Trinajstić information content (AvgIpc) is 3.49. The topological polar surface area (TPSA) is 120 Å². The predicted octanol–water partition coefficient (Wildman–Crippen LogP) is 7.26. The van der Waals surface area contributed by atoms with Crippen molar-refractivity contribution in [2.45, 2.75) is 59.7 Å². The number of para-hydroxylation sites is 1. The Kier molecular flexibility index (Phi) is 10.1. The standard InChI is InChI=1S/C37H40ClN5O5/c1-23-17-32(24(2)35(45)42(23)21-26-12-9-10-14-31(26)47-6)48-22-27-13-8-7-11-25(27)20-39-36(46)40-34-19-33(37(3,4)5)41-43(34)28-15-16-29(38)30(44)18-28/h7-19,44H,20-22H2,1-6H3,(H2,39,40,46). The van der Waals surface area contributed by atoms with Crippen molar-refractivity contribution in [2.75, 3.05) is 12.4 Å². The Morgan fingerprint density at radius 2 is 1.62 bits per heavy atom. The molecule has 0 aliphatic rings. The smallest absolute Gasteiger partial charge is 0.320 e. The molecule has 0 atom stereocenters. The number of anilines is 1. The Morgan fingerprint density at radius 3 is 2.31 bits per heavy atom. The lowest BCUT2D eigenvalue weighted by Crippen LogP contribution is -2.29. The number of urea groups is 1. The Balaban J connectivity index is 1.28. The number of phenolic OH excluding ortho intramolecular Hbond substituents is 1. The van der Waals surface area contributed by atoms with Gasteiger partial charge < -0.3 is 24.5 Å². The van der Waals surface area contributed by atoms with Crippen LogP contribution in [0.5, 0.6) is 17.2 Å². The maximum absolute atomic E-state index is 13.4. The third kappa shape index (κ3) is 7.66. The number of aryl methyl sites for hydroxylation is 1. The summed E-state index contributed by atoms with van der Waals surface area (Å²) in [4.78, 5) is 26.5. The van der Waals surface area contributed by atoms with Crippen LogP contribution in [0.15, 0.2) is 83.7 Å². The van der Waals surface area contributed by atoms with Gasteiger partial charge in [0.15, 0.2) is 0 Å². The molecule has 0 bridgehead atoms. The summed E-state index contributed by atoms with van der Waals surface area (Å²) < 4.78 is 14.9. The van der Waals surface area contributed by atoms with Crippen LogP contribution in [0.25, 0.3) is 5.69 Å². The number of halogens is 1. The Labute approximate surface area is 284 Å². The monoisotopic (exact) mass is 669 g/mol. The molecule has 0 unspecified atom stereocenters. The lowest BCUT2D eigenvalue weighted by atomic mass is 9.92. The lowest BCUT2D eigenvalue weighted by Gasteiger charge is -2.17. The van der Waals surface area contributed by atoms with Crippen molar-refractivity contribution in [1.82, 2.24) is 19.7 Å². The lowest BCUT2D eigenvalue weighted by molar-refractivity contribution is 0.251. The third-order valence-electron chi connectivity index (χ3n) is 8.06. The van der Waals surface area contributed by atoms with Crippen LogP contribution in [0.3, 0.4) is 0 Å². The van der Waals surface area contributed by atoms with Crippen LogP contribution in [0.2, 0.25) is 5.02 Å². The van der Waals surface area contributed by atoms with Crippen LogP contribution in [-0.2, 0) is 25.1 Å². The molecule has 48 heavy (non-hydrogen) atoms. The van der Waals surface area contributed by atoms with Gasteiger partial charge in [0.25, 0.3) is 5.56 Å². The number of hydrogen-bond acceptors (Lipinski definition) is 6. The van der Waals surface area contributed by atoms with Crippen LogP contribution in [0.4, 0.5) is 10.6 Å². The van der Waals surface area contributed by atoms with E-state index in [-0.39, 0.29) is 34.9 Å². The molecule has 250 valence electrons. The van der Waals surface area contributed by atoms with Gasteiger partial charge in [-0.3, -0.25) is 10.1 Å². The van der Waals surface area contributed by atoms with E-state index in [0.29, 0.717) is 29.4 Å². The number of methoxy groups -OCH3 is 1. The van der Waals surface area contributed by atoms with Gasteiger partial charge in [-0.2, -0.15) is 5.10 Å². The van der Waals surface area contributed by atoms with Crippen molar-refractivity contribution in [3.05, 3.63) is 128 Å². The Bertz CT molecular complexity index is 2010. The maximum atomic E-state index is 13.4. The molecule has 2 aromatic heterocycles. The molecule has 0 aliphatic carbocycles. The summed E-state index contributed by atoms with van der Waals surface area (Å²) >= 11 is 6.02. The van der Waals surface area contributed by atoms with Crippen molar-refractivity contribution in [1.29, 1.82) is 0 Å². The normalized spacial score (nSPS) is 11.3. The average molecular weight is 670 g/mol. The minimum Gasteiger partial charge on any atom is -0.506 e. The summed E-state index contributed by atoms with van der Waals surface area (Å²) in [5, 5.41) is 20.9. The number of carbonyl (C=O) groups excluding carboxylic acids is 1. The van der Waals surface area contributed by atoms with E-state index in [9.17, 15) is 14.7 Å². The summed E-state index contributed by atoms with van der Waals surface area (Å²) in [5.74, 6) is 1.57. The first-order valence-corrected chi connectivity index (χ1v) is 15.9. The number of pyridine rings is 1. The molecule has 3 aromatic carbocycles. The van der Waals surface area contributed by atoms with Crippen molar-refractivity contribution < 1.29 is 19.4 Å². The molecular formula is C37H40ClN5O5. The van der Waals surface area contributed by atoms with E-state index in [1.807, 2.05) is 88.4 Å². The van der Waals surface area contributed by atoms with Gasteiger partial charge in [0.05, 0.1) is 35.6 Å². The number of aromatic nitrogens is 3. The second-order valence-electron chi connectivity index (χ2n) is 12.6. The van der Waals surface area contributed by atoms with Crippen molar-refractivity contribution in [3.63, 3.8) is 0 Å². The van der Waals surface area contributed by atoms with Gasteiger partial charge in [-0.05, 0) is 49.2 Å². The SMILES string of the molecule is COc1ccccc1Cn1c(C)cc(OCc2ccccc2CNC(=O)Nc2cc(C(C)(C)C)nn2-c2ccc(Cl)c(O)c2)c(C)c1=O. The molecule has 2 amide bonds. The predicted molar refractivity (Wildman–Crippen MR) is 188 cm³/mol. The molecule has 0 aliphatic heterocycles. The van der Waals surface area contributed by atoms with Crippen molar-refractivity contribution in [2.24, 2.45) is 0 Å². The Morgan fingerprint density at radius 1 is 0.938 bits per heavy atom. The van der Waals surface area contributed by atoms with Gasteiger partial charge in [-0.15, -0.1) is 0 Å². The molecule has 10 nitrogen and oxygen atoms in total. The molecule has 0 saturated heterocycles. The molecule has 5 aromatic rings. The van der Waals surface area contributed by atoms with Crippen molar-refractivity contribution in [3.8, 4) is 22.9 Å². The number of carbonyl (C=O) groups is 1. The minimum absolute atomic E-state index is 0.0874. The molecule has 3 N–H and O–H groups in total. The number of benzene rings is 3. The summed E-state index contributed by atoms with van der Waals surface area (Å²) in [5.41, 5.74) is 4.78. The zero-order valence-electron chi connectivity index (χ0n) is 27.9. The molecule has 0 fully saturated rings. The molecule has 0 spiro atoms. The zero-order chi connectivity index (χ0) is 34.6. The summed E-state index contributed by atoms with van der Waals surface area (Å²) in [6.07, 6.45) is 0. The van der Waals surface area contributed by atoms with Gasteiger partial charge >= 0.3 is 6.03 Å². The van der Waals surface area contributed by atoms with E-state index in [1.165, 1.54) is 6.07 Å². The highest BCUT2D eigenvalue weighted by molar-refractivity contribution is 6.32. The van der Waals surface area contributed by atoms with Crippen LogP contribution in [0, 0.1) is 13.8 Å². The fraction of sp³-hybridized carbons (Fsp3) is 0.270. The highest BCUT2D eigenvalue weighted by Gasteiger charge is 2.22. The first kappa shape index (κ1) is 34.1. The summed E-state index contributed by atoms with van der Waals surface area (Å²) in [6.45, 7) is 10.5. The van der Waals surface area contributed by atoms with Gasteiger partial charge in [-0.25, -0.2) is 9.48 Å². The van der Waals surface area contributed by atoms with Crippen LogP contribution in [0.1, 0.15) is 54.4 Å². The van der Waals surface area contributed by atoms with Gasteiger partial charge in [-0.1, -0.05) is 74.8 Å². The number of nitrogens with zero attached hydrogens (tertiary/aromatic N) is 3. The quantitative estimate of drug-likeness (QED) is 0.144. The second kappa shape index (κ2) is 14.3. The first-order valence-electron chi connectivity index (χ1n) is 15.5. The first-order chi connectivity index (χ1) is 22.8. The number of aromatic hydroxyl groups is 1. The third-order valence-corrected chi connectivity index (χ3v) is 8.38. The Hall–Kier alpha value is -5.22. The zero-order valence-corrected chi connectivity index (χ0v) is 28.7. The van der Waals surface area contributed by atoms with Gasteiger partial charge in [0.1, 0.15) is 29.7 Å². The fourth-order valence-electron chi connectivity index (χ4n) is 5.22. The molecule has 2 heterocycles. The van der Waals surface area contributed by atoms with E-state index in [2.05, 4.69) is 15.7 Å². The van der Waals surface area contributed by atoms with E-state index in [0.717, 1.165) is 33.8 Å². The molecule has 0 saturated carbocycles. The van der Waals surface area contributed by atoms with E-state index >= 15 is 0 Å². The number of rotatable bonds is 10. The van der Waals surface area contributed by atoms with Gasteiger partial charge in [0.2, 0.25) is 0 Å².